The zero-order chi connectivity index (χ0) is 15.8. The molecular weight excluding hydrogens is 278 g/mol. The summed E-state index contributed by atoms with van der Waals surface area (Å²) in [6.45, 7) is 5.02. The number of carbonyl (C=O) groups is 2. The van der Waals surface area contributed by atoms with Gasteiger partial charge in [0.25, 0.3) is 0 Å². The molecule has 0 rings (SSSR count). The number of carbonyl (C=O) groups excluding carboxylic acids is 2. The van der Waals surface area contributed by atoms with Crippen LogP contribution in [0.25, 0.3) is 0 Å². The molecule has 0 aromatic carbocycles. The molecule has 0 atom stereocenters. The summed E-state index contributed by atoms with van der Waals surface area (Å²) in [7, 11) is 0. The molecule has 0 heterocycles. The number of ketones is 2. The first-order chi connectivity index (χ1) is 10.2. The summed E-state index contributed by atoms with van der Waals surface area (Å²) in [5, 5.41) is 0. The van der Waals surface area contributed by atoms with E-state index in [1.54, 1.807) is 0 Å². The van der Waals surface area contributed by atoms with E-state index in [2.05, 4.69) is 0 Å². The van der Waals surface area contributed by atoms with Gasteiger partial charge in [0.15, 0.2) is 11.6 Å². The average Bonchev–Trinajstić information content (AvgIpc) is 2.44. The molecule has 0 aromatic rings. The lowest BCUT2D eigenvalue weighted by atomic mass is 10.2. The SMILES string of the molecule is CC(=O)COCC(=O)CCCOCCOCCOCCN. The van der Waals surface area contributed by atoms with E-state index in [9.17, 15) is 9.59 Å². The molecule has 0 saturated heterocycles. The predicted molar refractivity (Wildman–Crippen MR) is 77.3 cm³/mol. The van der Waals surface area contributed by atoms with Crippen LogP contribution in [-0.2, 0) is 28.5 Å². The Labute approximate surface area is 126 Å². The van der Waals surface area contributed by atoms with Crippen molar-refractivity contribution >= 4 is 11.6 Å². The van der Waals surface area contributed by atoms with Crippen LogP contribution in [0.4, 0.5) is 0 Å². The summed E-state index contributed by atoms with van der Waals surface area (Å²) < 4.78 is 20.7. The number of rotatable bonds is 16. The molecule has 0 bridgehead atoms. The molecule has 21 heavy (non-hydrogen) atoms. The van der Waals surface area contributed by atoms with Gasteiger partial charge in [-0.05, 0) is 13.3 Å². The maximum atomic E-state index is 11.3. The highest BCUT2D eigenvalue weighted by Gasteiger charge is 2.03. The van der Waals surface area contributed by atoms with Crippen molar-refractivity contribution in [2.24, 2.45) is 5.73 Å². The largest absolute Gasteiger partial charge is 0.379 e. The maximum Gasteiger partial charge on any atom is 0.158 e. The zero-order valence-electron chi connectivity index (χ0n) is 12.8. The molecular formula is C14H27NO6. The first kappa shape index (κ1) is 20.1. The van der Waals surface area contributed by atoms with Crippen LogP contribution in [0, 0.1) is 0 Å². The molecule has 0 aliphatic heterocycles. The lowest BCUT2D eigenvalue weighted by Crippen LogP contribution is -2.14. The third-order valence-corrected chi connectivity index (χ3v) is 2.32. The van der Waals surface area contributed by atoms with Crippen LogP contribution >= 0.6 is 0 Å². The van der Waals surface area contributed by atoms with Crippen molar-refractivity contribution in [3.05, 3.63) is 0 Å². The maximum absolute atomic E-state index is 11.3. The Balaban J connectivity index is 3.14. The highest BCUT2D eigenvalue weighted by Crippen LogP contribution is 1.94. The third-order valence-electron chi connectivity index (χ3n) is 2.32. The van der Waals surface area contributed by atoms with Gasteiger partial charge in [0.05, 0.1) is 33.0 Å². The Morgan fingerprint density at radius 2 is 1.38 bits per heavy atom. The number of hydrogen-bond donors (Lipinski definition) is 1. The first-order valence-corrected chi connectivity index (χ1v) is 7.19. The van der Waals surface area contributed by atoms with Crippen LogP contribution in [0.1, 0.15) is 19.8 Å². The monoisotopic (exact) mass is 305 g/mol. The van der Waals surface area contributed by atoms with E-state index >= 15 is 0 Å². The molecule has 2 N–H and O–H groups in total. The van der Waals surface area contributed by atoms with E-state index in [1.165, 1.54) is 6.92 Å². The summed E-state index contributed by atoms with van der Waals surface area (Å²) in [5.41, 5.74) is 5.27. The molecule has 124 valence electrons. The lowest BCUT2D eigenvalue weighted by Gasteiger charge is -2.06. The standard InChI is InChI=1S/C14H27NO6/c1-13(16)11-21-12-14(17)3-2-5-18-7-9-20-10-8-19-6-4-15/h2-12,15H2,1H3. The highest BCUT2D eigenvalue weighted by molar-refractivity contribution is 5.80. The normalized spacial score (nSPS) is 10.8. The van der Waals surface area contributed by atoms with Gasteiger partial charge < -0.3 is 24.7 Å². The Morgan fingerprint density at radius 3 is 1.95 bits per heavy atom. The Kier molecular flexibility index (Phi) is 14.9. The smallest absolute Gasteiger partial charge is 0.158 e. The van der Waals surface area contributed by atoms with E-state index < -0.39 is 0 Å². The number of ether oxygens (including phenoxy) is 4. The molecule has 0 amide bonds. The van der Waals surface area contributed by atoms with Crippen LogP contribution in [0.15, 0.2) is 0 Å². The van der Waals surface area contributed by atoms with Crippen LogP contribution in [-0.4, -0.2) is 71.0 Å². The van der Waals surface area contributed by atoms with Crippen molar-refractivity contribution in [3.8, 4) is 0 Å². The van der Waals surface area contributed by atoms with Gasteiger partial charge in [-0.3, -0.25) is 9.59 Å². The van der Waals surface area contributed by atoms with E-state index in [0.717, 1.165) is 0 Å². The zero-order valence-corrected chi connectivity index (χ0v) is 12.8. The van der Waals surface area contributed by atoms with Gasteiger partial charge in [0, 0.05) is 19.6 Å². The Morgan fingerprint density at radius 1 is 0.810 bits per heavy atom. The molecule has 0 fully saturated rings. The minimum absolute atomic E-state index is 0.00538. The predicted octanol–water partition coefficient (Wildman–Crippen LogP) is -0.0502. The Bertz CT molecular complexity index is 272. The van der Waals surface area contributed by atoms with Crippen molar-refractivity contribution in [2.45, 2.75) is 19.8 Å². The molecule has 7 heteroatoms. The summed E-state index contributed by atoms with van der Waals surface area (Å²) in [6.07, 6.45) is 1.04. The van der Waals surface area contributed by atoms with Gasteiger partial charge in [0.1, 0.15) is 13.2 Å². The van der Waals surface area contributed by atoms with E-state index in [-0.39, 0.29) is 24.8 Å². The minimum Gasteiger partial charge on any atom is -0.379 e. The van der Waals surface area contributed by atoms with Gasteiger partial charge in [-0.2, -0.15) is 0 Å². The first-order valence-electron chi connectivity index (χ1n) is 7.19. The van der Waals surface area contributed by atoms with Crippen molar-refractivity contribution in [1.82, 2.24) is 0 Å². The van der Waals surface area contributed by atoms with Crippen LogP contribution in [0.2, 0.25) is 0 Å². The topological polar surface area (TPSA) is 97.1 Å². The van der Waals surface area contributed by atoms with Gasteiger partial charge in [0.2, 0.25) is 0 Å². The molecule has 0 radical (unpaired) electrons. The number of hydrogen-bond acceptors (Lipinski definition) is 7. The number of Topliss-reactive ketones (excluding diaryl/α,β-unsaturated/α-hetero) is 2. The molecule has 7 nitrogen and oxygen atoms in total. The van der Waals surface area contributed by atoms with Crippen LogP contribution < -0.4 is 5.73 Å². The van der Waals surface area contributed by atoms with E-state index in [1.807, 2.05) is 0 Å². The van der Waals surface area contributed by atoms with Gasteiger partial charge in [-0.25, -0.2) is 0 Å². The van der Waals surface area contributed by atoms with Gasteiger partial charge in [-0.15, -0.1) is 0 Å². The summed E-state index contributed by atoms with van der Waals surface area (Å²) in [4.78, 5) is 21.9. The second kappa shape index (κ2) is 15.5. The molecule has 0 saturated carbocycles. The van der Waals surface area contributed by atoms with Crippen LogP contribution in [0.3, 0.4) is 0 Å². The molecule has 0 spiro atoms. The minimum atomic E-state index is -0.0837. The van der Waals surface area contributed by atoms with Gasteiger partial charge in [-0.1, -0.05) is 0 Å². The number of nitrogens with two attached hydrogens (primary N) is 1. The second-order valence-corrected chi connectivity index (χ2v) is 4.46. The summed E-state index contributed by atoms with van der Waals surface area (Å²) in [6, 6.07) is 0. The summed E-state index contributed by atoms with van der Waals surface area (Å²) in [5.74, 6) is -0.104. The quantitative estimate of drug-likeness (QED) is 0.399. The molecule has 0 unspecified atom stereocenters. The van der Waals surface area contributed by atoms with E-state index in [4.69, 9.17) is 24.7 Å². The van der Waals surface area contributed by atoms with Crippen LogP contribution in [0.5, 0.6) is 0 Å². The fourth-order valence-electron chi connectivity index (χ4n) is 1.38. The Hall–Kier alpha value is -0.860. The lowest BCUT2D eigenvalue weighted by molar-refractivity contribution is -0.127. The molecule has 0 aromatic heterocycles. The van der Waals surface area contributed by atoms with Crippen molar-refractivity contribution in [1.29, 1.82) is 0 Å². The second-order valence-electron chi connectivity index (χ2n) is 4.46. The van der Waals surface area contributed by atoms with E-state index in [0.29, 0.717) is 59.0 Å². The van der Waals surface area contributed by atoms with Crippen molar-refractivity contribution in [2.75, 3.05) is 59.4 Å². The summed E-state index contributed by atoms with van der Waals surface area (Å²) >= 11 is 0. The van der Waals surface area contributed by atoms with Gasteiger partial charge >= 0.3 is 0 Å². The van der Waals surface area contributed by atoms with Crippen molar-refractivity contribution < 1.29 is 28.5 Å². The fraction of sp³-hybridized carbons (Fsp3) is 0.857. The van der Waals surface area contributed by atoms with Crippen molar-refractivity contribution in [3.63, 3.8) is 0 Å². The average molecular weight is 305 g/mol. The third kappa shape index (κ3) is 17.1. The molecule has 0 aliphatic carbocycles. The fourth-order valence-corrected chi connectivity index (χ4v) is 1.38. The highest BCUT2D eigenvalue weighted by atomic mass is 16.5. The molecule has 0 aliphatic rings.